The van der Waals surface area contributed by atoms with Crippen LogP contribution in [0.4, 0.5) is 26.7 Å². The Balaban J connectivity index is 1.73. The first-order valence-corrected chi connectivity index (χ1v) is 8.43. The second-order valence-corrected chi connectivity index (χ2v) is 6.22. The molecule has 2 aromatic rings. The predicted octanol–water partition coefficient (Wildman–Crippen LogP) is 3.83. The van der Waals surface area contributed by atoms with Gasteiger partial charge in [-0.1, -0.05) is 17.7 Å². The van der Waals surface area contributed by atoms with E-state index in [4.69, 9.17) is 16.3 Å². The van der Waals surface area contributed by atoms with E-state index in [1.54, 1.807) is 35.2 Å². The Morgan fingerprint density at radius 2 is 2.08 bits per heavy atom. The molecular weight excluding hydrogens is 356 g/mol. The lowest BCUT2D eigenvalue weighted by Crippen LogP contribution is -2.27. The lowest BCUT2D eigenvalue weighted by atomic mass is 10.2. The average Bonchev–Trinajstić information content (AvgIpc) is 3.04. The molecule has 7 nitrogen and oxygen atoms in total. The van der Waals surface area contributed by atoms with Gasteiger partial charge in [0.05, 0.1) is 12.8 Å². The molecule has 0 bridgehead atoms. The molecule has 4 amide bonds. The quantitative estimate of drug-likeness (QED) is 0.760. The molecule has 136 valence electrons. The van der Waals surface area contributed by atoms with Gasteiger partial charge in [0.15, 0.2) is 0 Å². The number of carbonyl (C=O) groups excluding carboxylic acids is 2. The smallest absolute Gasteiger partial charge is 0.323 e. The number of nitrogens with zero attached hydrogens (tertiary/aromatic N) is 1. The summed E-state index contributed by atoms with van der Waals surface area (Å²) in [6, 6.07) is 9.92. The Hall–Kier alpha value is -2.93. The van der Waals surface area contributed by atoms with Crippen molar-refractivity contribution in [1.82, 2.24) is 5.32 Å². The summed E-state index contributed by atoms with van der Waals surface area (Å²) in [5.41, 5.74) is 2.63. The maximum Gasteiger partial charge on any atom is 0.323 e. The number of nitrogens with one attached hydrogen (secondary N) is 3. The van der Waals surface area contributed by atoms with Crippen molar-refractivity contribution in [2.45, 2.75) is 6.92 Å². The third-order valence-electron chi connectivity index (χ3n) is 4.00. The Morgan fingerprint density at radius 3 is 2.77 bits per heavy atom. The second-order valence-electron chi connectivity index (χ2n) is 5.81. The van der Waals surface area contributed by atoms with Crippen molar-refractivity contribution in [2.75, 3.05) is 35.7 Å². The fourth-order valence-corrected chi connectivity index (χ4v) is 2.84. The van der Waals surface area contributed by atoms with E-state index in [9.17, 15) is 9.59 Å². The highest BCUT2D eigenvalue weighted by atomic mass is 35.5. The standard InChI is InChI=1S/C18H19ClN4O3/c1-11-8-15(16(26-2)10-14(11)19)22-17(24)21-12-4-3-5-13(9-12)23-7-6-20-18(23)25/h3-5,8-10H,6-7H2,1-2H3,(H,20,25)(H2,21,22,24). The molecule has 1 fully saturated rings. The SMILES string of the molecule is COc1cc(Cl)c(C)cc1NC(=O)Nc1cccc(N2CCNC2=O)c1. The third-order valence-corrected chi connectivity index (χ3v) is 4.41. The summed E-state index contributed by atoms with van der Waals surface area (Å²) in [7, 11) is 1.51. The molecule has 3 rings (SSSR count). The summed E-state index contributed by atoms with van der Waals surface area (Å²) < 4.78 is 5.25. The van der Waals surface area contributed by atoms with Crippen molar-refractivity contribution in [2.24, 2.45) is 0 Å². The molecule has 1 aliphatic heterocycles. The van der Waals surface area contributed by atoms with Gasteiger partial charge in [-0.3, -0.25) is 4.90 Å². The minimum absolute atomic E-state index is 0.145. The van der Waals surface area contributed by atoms with Gasteiger partial charge in [0.25, 0.3) is 0 Å². The molecule has 0 spiro atoms. The number of methoxy groups -OCH3 is 1. The van der Waals surface area contributed by atoms with Gasteiger partial charge in [-0.15, -0.1) is 0 Å². The molecule has 1 heterocycles. The Kier molecular flexibility index (Phi) is 5.18. The molecule has 3 N–H and O–H groups in total. The largest absolute Gasteiger partial charge is 0.495 e. The van der Waals surface area contributed by atoms with Crippen LogP contribution in [0.5, 0.6) is 5.75 Å². The summed E-state index contributed by atoms with van der Waals surface area (Å²) in [4.78, 5) is 25.7. The topological polar surface area (TPSA) is 82.7 Å². The molecule has 0 saturated carbocycles. The summed E-state index contributed by atoms with van der Waals surface area (Å²) in [6.45, 7) is 3.04. The molecule has 1 saturated heterocycles. The van der Waals surface area contributed by atoms with Gasteiger partial charge >= 0.3 is 12.1 Å². The van der Waals surface area contributed by atoms with Crippen LogP contribution < -0.4 is 25.6 Å². The van der Waals surface area contributed by atoms with Crippen LogP contribution in [0.15, 0.2) is 36.4 Å². The van der Waals surface area contributed by atoms with Crippen LogP contribution in [-0.2, 0) is 0 Å². The average molecular weight is 375 g/mol. The van der Waals surface area contributed by atoms with Crippen molar-refractivity contribution in [3.8, 4) is 5.75 Å². The van der Waals surface area contributed by atoms with Crippen molar-refractivity contribution < 1.29 is 14.3 Å². The molecule has 0 aromatic heterocycles. The molecular formula is C18H19ClN4O3. The number of amides is 4. The van der Waals surface area contributed by atoms with Gasteiger partial charge < -0.3 is 20.7 Å². The number of hydrogen-bond donors (Lipinski definition) is 3. The highest BCUT2D eigenvalue weighted by Crippen LogP contribution is 2.31. The lowest BCUT2D eigenvalue weighted by Gasteiger charge is -2.16. The van der Waals surface area contributed by atoms with Crippen molar-refractivity contribution >= 4 is 40.7 Å². The van der Waals surface area contributed by atoms with E-state index in [0.29, 0.717) is 35.2 Å². The number of rotatable bonds is 4. The van der Waals surface area contributed by atoms with Crippen molar-refractivity contribution in [1.29, 1.82) is 0 Å². The van der Waals surface area contributed by atoms with E-state index in [-0.39, 0.29) is 6.03 Å². The number of benzene rings is 2. The van der Waals surface area contributed by atoms with Crippen LogP contribution >= 0.6 is 11.6 Å². The monoisotopic (exact) mass is 374 g/mol. The summed E-state index contributed by atoms with van der Waals surface area (Å²) in [5, 5.41) is 8.81. The van der Waals surface area contributed by atoms with Crippen LogP contribution in [0.3, 0.4) is 0 Å². The van der Waals surface area contributed by atoms with Gasteiger partial charge in [-0.25, -0.2) is 9.59 Å². The van der Waals surface area contributed by atoms with Gasteiger partial charge in [-0.2, -0.15) is 0 Å². The number of ether oxygens (including phenoxy) is 1. The molecule has 0 atom stereocenters. The predicted molar refractivity (Wildman–Crippen MR) is 103 cm³/mol. The Labute approximate surface area is 156 Å². The fraction of sp³-hybridized carbons (Fsp3) is 0.222. The first-order chi connectivity index (χ1) is 12.5. The molecule has 2 aromatic carbocycles. The van der Waals surface area contributed by atoms with Crippen molar-refractivity contribution in [3.63, 3.8) is 0 Å². The highest BCUT2D eigenvalue weighted by Gasteiger charge is 2.21. The van der Waals surface area contributed by atoms with Crippen molar-refractivity contribution in [3.05, 3.63) is 47.0 Å². The van der Waals surface area contributed by atoms with E-state index >= 15 is 0 Å². The van der Waals surface area contributed by atoms with E-state index < -0.39 is 6.03 Å². The zero-order valence-electron chi connectivity index (χ0n) is 14.4. The summed E-state index contributed by atoms with van der Waals surface area (Å²) in [6.07, 6.45) is 0. The lowest BCUT2D eigenvalue weighted by molar-refractivity contribution is 0.252. The Morgan fingerprint density at radius 1 is 1.27 bits per heavy atom. The molecule has 26 heavy (non-hydrogen) atoms. The summed E-state index contributed by atoms with van der Waals surface area (Å²) in [5.74, 6) is 0.471. The van der Waals surface area contributed by atoms with Crippen LogP contribution in [0.2, 0.25) is 5.02 Å². The molecule has 0 unspecified atom stereocenters. The first kappa shape index (κ1) is 17.9. The molecule has 1 aliphatic rings. The van der Waals surface area contributed by atoms with E-state index in [1.807, 2.05) is 13.0 Å². The van der Waals surface area contributed by atoms with Gasteiger partial charge in [-0.05, 0) is 36.8 Å². The van der Waals surface area contributed by atoms with E-state index in [1.165, 1.54) is 7.11 Å². The number of urea groups is 2. The minimum atomic E-state index is -0.423. The van der Waals surface area contributed by atoms with Gasteiger partial charge in [0.2, 0.25) is 0 Å². The number of halogens is 1. The van der Waals surface area contributed by atoms with Gasteiger partial charge in [0, 0.05) is 35.6 Å². The maximum absolute atomic E-state index is 12.3. The van der Waals surface area contributed by atoms with Gasteiger partial charge in [0.1, 0.15) is 5.75 Å². The zero-order chi connectivity index (χ0) is 18.7. The first-order valence-electron chi connectivity index (χ1n) is 8.05. The normalized spacial score (nSPS) is 13.3. The molecule has 0 radical (unpaired) electrons. The second kappa shape index (κ2) is 7.53. The van der Waals surface area contributed by atoms with Crippen LogP contribution in [0.25, 0.3) is 0 Å². The highest BCUT2D eigenvalue weighted by molar-refractivity contribution is 6.31. The number of hydrogen-bond acceptors (Lipinski definition) is 3. The van der Waals surface area contributed by atoms with E-state index in [0.717, 1.165) is 11.3 Å². The third kappa shape index (κ3) is 3.83. The number of carbonyl (C=O) groups is 2. The minimum Gasteiger partial charge on any atom is -0.495 e. The maximum atomic E-state index is 12.3. The van der Waals surface area contributed by atoms with E-state index in [2.05, 4.69) is 16.0 Å². The van der Waals surface area contributed by atoms with Crippen LogP contribution in [-0.4, -0.2) is 32.3 Å². The Bertz CT molecular complexity index is 856. The number of aryl methyl sites for hydroxylation is 1. The van der Waals surface area contributed by atoms with Crippen LogP contribution in [0, 0.1) is 6.92 Å². The number of anilines is 3. The zero-order valence-corrected chi connectivity index (χ0v) is 15.2. The fourth-order valence-electron chi connectivity index (χ4n) is 2.68. The molecule has 8 heteroatoms. The van der Waals surface area contributed by atoms with Crippen LogP contribution in [0.1, 0.15) is 5.56 Å². The summed E-state index contributed by atoms with van der Waals surface area (Å²) >= 11 is 6.08. The molecule has 0 aliphatic carbocycles.